The van der Waals surface area contributed by atoms with E-state index in [9.17, 15) is 4.79 Å². The fourth-order valence-electron chi connectivity index (χ4n) is 1.38. The number of esters is 1. The van der Waals surface area contributed by atoms with Crippen molar-refractivity contribution in [2.24, 2.45) is 5.73 Å². The molecular formula is C12H16ClNO2. The van der Waals surface area contributed by atoms with Gasteiger partial charge in [0.15, 0.2) is 0 Å². The van der Waals surface area contributed by atoms with E-state index < -0.39 is 5.97 Å². The van der Waals surface area contributed by atoms with Crippen LogP contribution >= 0.6 is 11.6 Å². The summed E-state index contributed by atoms with van der Waals surface area (Å²) < 4.78 is 4.61. The van der Waals surface area contributed by atoms with E-state index in [0.717, 1.165) is 18.4 Å². The number of aryl methyl sites for hydroxylation is 1. The summed E-state index contributed by atoms with van der Waals surface area (Å²) >= 11 is 5.99. The Morgan fingerprint density at radius 1 is 1.56 bits per heavy atom. The second kappa shape index (κ2) is 5.87. The molecule has 1 atom stereocenters. The average Bonchev–Trinajstić information content (AvgIpc) is 2.25. The number of hydrogen-bond donors (Lipinski definition) is 1. The molecular weight excluding hydrogens is 226 g/mol. The topological polar surface area (TPSA) is 52.3 Å². The zero-order valence-corrected chi connectivity index (χ0v) is 10.3. The Bertz CT molecular complexity index is 377. The van der Waals surface area contributed by atoms with E-state index in [1.807, 2.05) is 13.0 Å². The molecule has 0 aromatic heterocycles. The number of nitrogens with two attached hydrogens (primary N) is 1. The molecule has 0 heterocycles. The van der Waals surface area contributed by atoms with Crippen molar-refractivity contribution < 1.29 is 9.53 Å². The molecule has 0 fully saturated rings. The summed E-state index contributed by atoms with van der Waals surface area (Å²) in [4.78, 5) is 11.3. The van der Waals surface area contributed by atoms with Crippen LogP contribution in [0.25, 0.3) is 0 Å². The Labute approximate surface area is 101 Å². The first-order valence-electron chi connectivity index (χ1n) is 5.17. The fourth-order valence-corrected chi connectivity index (χ4v) is 1.66. The van der Waals surface area contributed by atoms with Crippen molar-refractivity contribution in [2.75, 3.05) is 7.11 Å². The highest BCUT2D eigenvalue weighted by Crippen LogP contribution is 2.19. The van der Waals surface area contributed by atoms with Gasteiger partial charge < -0.3 is 10.5 Å². The molecule has 3 nitrogen and oxygen atoms in total. The van der Waals surface area contributed by atoms with Crippen molar-refractivity contribution in [3.05, 3.63) is 34.3 Å². The number of halogens is 1. The second-order valence-corrected chi connectivity index (χ2v) is 4.23. The lowest BCUT2D eigenvalue weighted by molar-refractivity contribution is 0.0601. The molecule has 0 saturated heterocycles. The monoisotopic (exact) mass is 241 g/mol. The van der Waals surface area contributed by atoms with Crippen LogP contribution in [0.3, 0.4) is 0 Å². The first-order valence-corrected chi connectivity index (χ1v) is 5.54. The molecule has 0 amide bonds. The van der Waals surface area contributed by atoms with Gasteiger partial charge in [0.05, 0.1) is 17.7 Å². The van der Waals surface area contributed by atoms with Gasteiger partial charge in [0.1, 0.15) is 0 Å². The first kappa shape index (κ1) is 13.0. The summed E-state index contributed by atoms with van der Waals surface area (Å²) in [5.41, 5.74) is 7.15. The average molecular weight is 242 g/mol. The van der Waals surface area contributed by atoms with Gasteiger partial charge in [-0.2, -0.15) is 0 Å². The van der Waals surface area contributed by atoms with Crippen LogP contribution in [0.5, 0.6) is 0 Å². The Morgan fingerprint density at radius 3 is 2.75 bits per heavy atom. The van der Waals surface area contributed by atoms with Gasteiger partial charge in [0, 0.05) is 6.04 Å². The van der Waals surface area contributed by atoms with Crippen molar-refractivity contribution in [3.63, 3.8) is 0 Å². The maximum Gasteiger partial charge on any atom is 0.339 e. The molecule has 0 radical (unpaired) electrons. The third kappa shape index (κ3) is 3.51. The summed E-state index contributed by atoms with van der Waals surface area (Å²) in [6.07, 6.45) is 1.76. The number of carbonyl (C=O) groups is 1. The van der Waals surface area contributed by atoms with E-state index in [4.69, 9.17) is 17.3 Å². The number of hydrogen-bond acceptors (Lipinski definition) is 3. The maximum atomic E-state index is 11.3. The third-order valence-electron chi connectivity index (χ3n) is 2.33. The van der Waals surface area contributed by atoms with Gasteiger partial charge in [-0.15, -0.1) is 0 Å². The van der Waals surface area contributed by atoms with Crippen LogP contribution in [-0.4, -0.2) is 19.1 Å². The van der Waals surface area contributed by atoms with Crippen LogP contribution in [-0.2, 0) is 11.2 Å². The van der Waals surface area contributed by atoms with Gasteiger partial charge in [-0.25, -0.2) is 4.79 Å². The number of carbonyl (C=O) groups excluding carboxylic acids is 1. The summed E-state index contributed by atoms with van der Waals surface area (Å²) in [5.74, 6) is -0.413. The van der Waals surface area contributed by atoms with Gasteiger partial charge in [-0.05, 0) is 37.5 Å². The first-order chi connectivity index (χ1) is 7.54. The van der Waals surface area contributed by atoms with E-state index in [0.29, 0.717) is 10.6 Å². The molecule has 4 heteroatoms. The van der Waals surface area contributed by atoms with Gasteiger partial charge >= 0.3 is 5.97 Å². The molecule has 0 aliphatic carbocycles. The van der Waals surface area contributed by atoms with Gasteiger partial charge in [0.2, 0.25) is 0 Å². The molecule has 0 aliphatic rings. The van der Waals surface area contributed by atoms with Crippen LogP contribution in [0.15, 0.2) is 18.2 Å². The molecule has 0 spiro atoms. The highest BCUT2D eigenvalue weighted by molar-refractivity contribution is 6.33. The van der Waals surface area contributed by atoms with Crippen LogP contribution in [0.1, 0.15) is 29.3 Å². The van der Waals surface area contributed by atoms with E-state index >= 15 is 0 Å². The van der Waals surface area contributed by atoms with Crippen LogP contribution in [0.2, 0.25) is 5.02 Å². The van der Waals surface area contributed by atoms with Crippen molar-refractivity contribution in [1.82, 2.24) is 0 Å². The Hall–Kier alpha value is -1.06. The number of methoxy groups -OCH3 is 1. The highest BCUT2D eigenvalue weighted by atomic mass is 35.5. The van der Waals surface area contributed by atoms with Crippen molar-refractivity contribution in [2.45, 2.75) is 25.8 Å². The molecule has 0 saturated carbocycles. The normalized spacial score (nSPS) is 12.2. The molecule has 1 aromatic carbocycles. The van der Waals surface area contributed by atoms with Crippen molar-refractivity contribution >= 4 is 17.6 Å². The molecule has 2 N–H and O–H groups in total. The Morgan fingerprint density at radius 2 is 2.25 bits per heavy atom. The van der Waals surface area contributed by atoms with Crippen molar-refractivity contribution in [1.29, 1.82) is 0 Å². The molecule has 1 unspecified atom stereocenters. The third-order valence-corrected chi connectivity index (χ3v) is 2.64. The van der Waals surface area contributed by atoms with Crippen LogP contribution in [0, 0.1) is 0 Å². The zero-order chi connectivity index (χ0) is 12.1. The standard InChI is InChI=1S/C12H16ClNO2/c1-8(14)3-4-9-5-6-10(11(13)7-9)12(15)16-2/h5-8H,3-4,14H2,1-2H3. The molecule has 0 aliphatic heterocycles. The van der Waals surface area contributed by atoms with Crippen molar-refractivity contribution in [3.8, 4) is 0 Å². The lowest BCUT2D eigenvalue weighted by Crippen LogP contribution is -2.15. The van der Waals surface area contributed by atoms with Crippen LogP contribution < -0.4 is 5.73 Å². The Kier molecular flexibility index (Phi) is 4.77. The fraction of sp³-hybridized carbons (Fsp3) is 0.417. The largest absolute Gasteiger partial charge is 0.465 e. The number of benzene rings is 1. The highest BCUT2D eigenvalue weighted by Gasteiger charge is 2.10. The lowest BCUT2D eigenvalue weighted by Gasteiger charge is -2.07. The summed E-state index contributed by atoms with van der Waals surface area (Å²) in [6.45, 7) is 1.96. The quantitative estimate of drug-likeness (QED) is 0.824. The summed E-state index contributed by atoms with van der Waals surface area (Å²) in [5, 5.41) is 0.425. The van der Waals surface area contributed by atoms with Crippen LogP contribution in [0.4, 0.5) is 0 Å². The smallest absolute Gasteiger partial charge is 0.339 e. The molecule has 0 bridgehead atoms. The zero-order valence-electron chi connectivity index (χ0n) is 9.50. The van der Waals surface area contributed by atoms with Gasteiger partial charge in [0.25, 0.3) is 0 Å². The maximum absolute atomic E-state index is 11.3. The molecule has 88 valence electrons. The Balaban J connectivity index is 2.78. The van der Waals surface area contributed by atoms with E-state index in [2.05, 4.69) is 4.74 Å². The molecule has 16 heavy (non-hydrogen) atoms. The van der Waals surface area contributed by atoms with E-state index in [-0.39, 0.29) is 6.04 Å². The molecule has 1 aromatic rings. The summed E-state index contributed by atoms with van der Waals surface area (Å²) in [6, 6.07) is 5.51. The van der Waals surface area contributed by atoms with Gasteiger partial charge in [-0.3, -0.25) is 0 Å². The van der Waals surface area contributed by atoms with Gasteiger partial charge in [-0.1, -0.05) is 17.7 Å². The predicted octanol–water partition coefficient (Wildman–Crippen LogP) is 2.41. The minimum Gasteiger partial charge on any atom is -0.465 e. The number of rotatable bonds is 4. The minimum absolute atomic E-state index is 0.166. The summed E-state index contributed by atoms with van der Waals surface area (Å²) in [7, 11) is 1.34. The van der Waals surface area contributed by atoms with E-state index in [1.54, 1.807) is 12.1 Å². The predicted molar refractivity (Wildman–Crippen MR) is 64.8 cm³/mol. The second-order valence-electron chi connectivity index (χ2n) is 3.82. The molecule has 1 rings (SSSR count). The van der Waals surface area contributed by atoms with E-state index in [1.165, 1.54) is 7.11 Å². The number of ether oxygens (including phenoxy) is 1. The SMILES string of the molecule is COC(=O)c1ccc(CCC(C)N)cc1Cl. The lowest BCUT2D eigenvalue weighted by atomic mass is 10.0. The minimum atomic E-state index is -0.413.